The third-order valence-electron chi connectivity index (χ3n) is 2.31. The van der Waals surface area contributed by atoms with E-state index in [4.69, 9.17) is 9.47 Å². The summed E-state index contributed by atoms with van der Waals surface area (Å²) >= 11 is 0. The monoisotopic (exact) mass is 237 g/mol. The van der Waals surface area contributed by atoms with Crippen LogP contribution in [0.3, 0.4) is 0 Å². The number of carbonyl (C=O) groups excluding carboxylic acids is 1. The zero-order chi connectivity index (χ0) is 12.5. The van der Waals surface area contributed by atoms with Crippen molar-refractivity contribution in [2.45, 2.75) is 13.5 Å². The van der Waals surface area contributed by atoms with Gasteiger partial charge in [-0.2, -0.15) is 0 Å². The molecule has 0 aromatic heterocycles. The zero-order valence-electron chi connectivity index (χ0n) is 10.4. The maximum absolute atomic E-state index is 11.7. The standard InChI is InChI=1S/C13H19NO3/c1-3-17-13(15)14(9-10-16-2)11-12-7-5-4-6-8-12/h4-8H,3,9-11H2,1-2H3. The van der Waals surface area contributed by atoms with E-state index < -0.39 is 0 Å². The first-order valence-corrected chi connectivity index (χ1v) is 5.72. The van der Waals surface area contributed by atoms with Gasteiger partial charge in [0.25, 0.3) is 0 Å². The maximum atomic E-state index is 11.7. The molecule has 4 nitrogen and oxygen atoms in total. The summed E-state index contributed by atoms with van der Waals surface area (Å²) in [6.45, 7) is 3.77. The van der Waals surface area contributed by atoms with Crippen molar-refractivity contribution >= 4 is 6.09 Å². The van der Waals surface area contributed by atoms with Crippen LogP contribution in [-0.2, 0) is 16.0 Å². The minimum atomic E-state index is -0.298. The molecule has 4 heteroatoms. The second-order valence-corrected chi connectivity index (χ2v) is 3.60. The van der Waals surface area contributed by atoms with Gasteiger partial charge in [-0.1, -0.05) is 30.3 Å². The number of amides is 1. The van der Waals surface area contributed by atoms with E-state index in [0.717, 1.165) is 5.56 Å². The third kappa shape index (κ3) is 4.87. The molecule has 0 spiro atoms. The SMILES string of the molecule is CCOC(=O)N(CCOC)Cc1ccccc1. The molecule has 0 unspecified atom stereocenters. The van der Waals surface area contributed by atoms with E-state index in [2.05, 4.69) is 0 Å². The van der Waals surface area contributed by atoms with Gasteiger partial charge in [0.05, 0.1) is 13.2 Å². The smallest absolute Gasteiger partial charge is 0.410 e. The van der Waals surface area contributed by atoms with Gasteiger partial charge in [0, 0.05) is 20.2 Å². The lowest BCUT2D eigenvalue weighted by atomic mass is 10.2. The lowest BCUT2D eigenvalue weighted by molar-refractivity contribution is 0.0882. The summed E-state index contributed by atoms with van der Waals surface area (Å²) in [4.78, 5) is 13.3. The van der Waals surface area contributed by atoms with Gasteiger partial charge >= 0.3 is 6.09 Å². The number of nitrogens with zero attached hydrogens (tertiary/aromatic N) is 1. The first-order valence-electron chi connectivity index (χ1n) is 5.72. The van der Waals surface area contributed by atoms with Crippen LogP contribution in [0.25, 0.3) is 0 Å². The van der Waals surface area contributed by atoms with Gasteiger partial charge in [-0.05, 0) is 12.5 Å². The summed E-state index contributed by atoms with van der Waals surface area (Å²) in [5.41, 5.74) is 1.08. The van der Waals surface area contributed by atoms with Crippen LogP contribution in [0.15, 0.2) is 30.3 Å². The van der Waals surface area contributed by atoms with Crippen molar-refractivity contribution in [1.82, 2.24) is 4.90 Å². The molecule has 0 fully saturated rings. The van der Waals surface area contributed by atoms with Crippen LogP contribution in [0.1, 0.15) is 12.5 Å². The first-order chi connectivity index (χ1) is 8.27. The number of benzene rings is 1. The Morgan fingerprint density at radius 1 is 1.29 bits per heavy atom. The second kappa shape index (κ2) is 7.68. The number of ether oxygens (including phenoxy) is 2. The second-order valence-electron chi connectivity index (χ2n) is 3.60. The molecule has 0 heterocycles. The van der Waals surface area contributed by atoms with E-state index in [1.54, 1.807) is 18.9 Å². The highest BCUT2D eigenvalue weighted by atomic mass is 16.6. The van der Waals surface area contributed by atoms with Gasteiger partial charge in [0.15, 0.2) is 0 Å². The fourth-order valence-corrected chi connectivity index (χ4v) is 1.45. The average Bonchev–Trinajstić information content (AvgIpc) is 2.36. The van der Waals surface area contributed by atoms with E-state index in [-0.39, 0.29) is 6.09 Å². The average molecular weight is 237 g/mol. The summed E-state index contributed by atoms with van der Waals surface area (Å²) < 4.78 is 9.99. The summed E-state index contributed by atoms with van der Waals surface area (Å²) in [7, 11) is 1.62. The van der Waals surface area contributed by atoms with Crippen molar-refractivity contribution in [1.29, 1.82) is 0 Å². The molecule has 1 aromatic carbocycles. The minimum Gasteiger partial charge on any atom is -0.450 e. The Morgan fingerprint density at radius 2 is 2.00 bits per heavy atom. The third-order valence-corrected chi connectivity index (χ3v) is 2.31. The Kier molecular flexibility index (Phi) is 6.10. The van der Waals surface area contributed by atoms with Gasteiger partial charge < -0.3 is 14.4 Å². The zero-order valence-corrected chi connectivity index (χ0v) is 10.4. The summed E-state index contributed by atoms with van der Waals surface area (Å²) in [5, 5.41) is 0. The van der Waals surface area contributed by atoms with E-state index in [9.17, 15) is 4.79 Å². The molecule has 0 aliphatic carbocycles. The van der Waals surface area contributed by atoms with Crippen LogP contribution in [0.2, 0.25) is 0 Å². The summed E-state index contributed by atoms with van der Waals surface area (Å²) in [6.07, 6.45) is -0.298. The van der Waals surface area contributed by atoms with Crippen LogP contribution in [0.4, 0.5) is 4.79 Å². The van der Waals surface area contributed by atoms with Crippen molar-refractivity contribution in [3.8, 4) is 0 Å². The number of carbonyl (C=O) groups is 1. The molecule has 94 valence electrons. The van der Waals surface area contributed by atoms with Crippen LogP contribution in [0.5, 0.6) is 0 Å². The van der Waals surface area contributed by atoms with Gasteiger partial charge in [0.2, 0.25) is 0 Å². The van der Waals surface area contributed by atoms with Crippen molar-refractivity contribution in [2.75, 3.05) is 26.9 Å². The molecule has 17 heavy (non-hydrogen) atoms. The van der Waals surface area contributed by atoms with Crippen LogP contribution in [-0.4, -0.2) is 37.9 Å². The molecule has 0 radical (unpaired) electrons. The Bertz CT molecular complexity index is 327. The Labute approximate surface area is 102 Å². The molecule has 0 bridgehead atoms. The van der Waals surface area contributed by atoms with Crippen LogP contribution in [0, 0.1) is 0 Å². The van der Waals surface area contributed by atoms with Crippen molar-refractivity contribution in [3.63, 3.8) is 0 Å². The maximum Gasteiger partial charge on any atom is 0.410 e. The van der Waals surface area contributed by atoms with Gasteiger partial charge in [-0.25, -0.2) is 4.79 Å². The minimum absolute atomic E-state index is 0.298. The first kappa shape index (κ1) is 13.5. The van der Waals surface area contributed by atoms with Gasteiger partial charge in [-0.15, -0.1) is 0 Å². The summed E-state index contributed by atoms with van der Waals surface area (Å²) in [5.74, 6) is 0. The Hall–Kier alpha value is -1.55. The van der Waals surface area contributed by atoms with E-state index in [1.807, 2.05) is 30.3 Å². The van der Waals surface area contributed by atoms with Crippen molar-refractivity contribution < 1.29 is 14.3 Å². The normalized spacial score (nSPS) is 10.0. The van der Waals surface area contributed by atoms with Gasteiger partial charge in [-0.3, -0.25) is 0 Å². The molecule has 1 aromatic rings. The highest BCUT2D eigenvalue weighted by molar-refractivity contribution is 5.67. The molecule has 0 aliphatic rings. The molecule has 0 saturated heterocycles. The molecule has 0 aliphatic heterocycles. The highest BCUT2D eigenvalue weighted by Gasteiger charge is 2.14. The van der Waals surface area contributed by atoms with E-state index >= 15 is 0 Å². The number of hydrogen-bond acceptors (Lipinski definition) is 3. The lowest BCUT2D eigenvalue weighted by Gasteiger charge is -2.21. The fourth-order valence-electron chi connectivity index (χ4n) is 1.45. The quantitative estimate of drug-likeness (QED) is 0.762. The lowest BCUT2D eigenvalue weighted by Crippen LogP contribution is -2.33. The molecular weight excluding hydrogens is 218 g/mol. The molecule has 1 rings (SSSR count). The predicted octanol–water partition coefficient (Wildman–Crippen LogP) is 2.29. The fraction of sp³-hybridized carbons (Fsp3) is 0.462. The number of hydrogen-bond donors (Lipinski definition) is 0. The number of rotatable bonds is 6. The Balaban J connectivity index is 2.59. The van der Waals surface area contributed by atoms with Crippen LogP contribution >= 0.6 is 0 Å². The van der Waals surface area contributed by atoms with Gasteiger partial charge in [0.1, 0.15) is 0 Å². The highest BCUT2D eigenvalue weighted by Crippen LogP contribution is 2.05. The van der Waals surface area contributed by atoms with Crippen molar-refractivity contribution in [3.05, 3.63) is 35.9 Å². The Morgan fingerprint density at radius 3 is 2.59 bits per heavy atom. The molecule has 0 atom stereocenters. The topological polar surface area (TPSA) is 38.8 Å². The number of methoxy groups -OCH3 is 1. The molecule has 0 saturated carbocycles. The summed E-state index contributed by atoms with van der Waals surface area (Å²) in [6, 6.07) is 9.83. The van der Waals surface area contributed by atoms with E-state index in [1.165, 1.54) is 0 Å². The van der Waals surface area contributed by atoms with Crippen molar-refractivity contribution in [2.24, 2.45) is 0 Å². The molecular formula is C13H19NO3. The molecule has 1 amide bonds. The molecule has 0 N–H and O–H groups in total. The van der Waals surface area contributed by atoms with E-state index in [0.29, 0.717) is 26.3 Å². The largest absolute Gasteiger partial charge is 0.450 e. The predicted molar refractivity (Wildman–Crippen MR) is 65.8 cm³/mol. The van der Waals surface area contributed by atoms with Crippen LogP contribution < -0.4 is 0 Å².